The van der Waals surface area contributed by atoms with Crippen molar-refractivity contribution in [3.63, 3.8) is 0 Å². The first-order chi connectivity index (χ1) is 14.5. The molecule has 0 radical (unpaired) electrons. The zero-order valence-electron chi connectivity index (χ0n) is 16.7. The summed E-state index contributed by atoms with van der Waals surface area (Å²) in [6, 6.07) is 7.75. The second kappa shape index (κ2) is 6.90. The molecule has 1 aromatic rings. The largest absolute Gasteiger partial charge is 0.326 e. The number of nitrogens with one attached hydrogen (secondary N) is 1. The van der Waals surface area contributed by atoms with Crippen molar-refractivity contribution in [1.82, 2.24) is 4.90 Å². The summed E-state index contributed by atoms with van der Waals surface area (Å²) in [5.74, 6) is 1.74. The summed E-state index contributed by atoms with van der Waals surface area (Å²) in [5.41, 5.74) is 0.818. The minimum Gasteiger partial charge on any atom is -0.326 e. The molecular weight excluding hydrogens is 491 g/mol. The van der Waals surface area contributed by atoms with Gasteiger partial charge in [0, 0.05) is 21.2 Å². The van der Waals surface area contributed by atoms with Crippen LogP contribution in [0.15, 0.2) is 36.4 Å². The lowest BCUT2D eigenvalue weighted by molar-refractivity contribution is -0.144. The van der Waals surface area contributed by atoms with Crippen LogP contribution >= 0.6 is 22.6 Å². The number of anilines is 1. The molecule has 5 nitrogen and oxygen atoms in total. The maximum absolute atomic E-state index is 13.3. The highest BCUT2D eigenvalue weighted by atomic mass is 127. The third kappa shape index (κ3) is 2.82. The number of allylic oxidation sites excluding steroid dienone is 2. The predicted octanol–water partition coefficient (Wildman–Crippen LogP) is 3.84. The van der Waals surface area contributed by atoms with E-state index in [9.17, 15) is 14.4 Å². The summed E-state index contributed by atoms with van der Waals surface area (Å²) >= 11 is 2.24. The lowest BCUT2D eigenvalue weighted by Gasteiger charge is -2.37. The van der Waals surface area contributed by atoms with Gasteiger partial charge in [-0.15, -0.1) is 0 Å². The Morgan fingerprint density at radius 2 is 1.47 bits per heavy atom. The number of imide groups is 1. The van der Waals surface area contributed by atoms with Gasteiger partial charge in [-0.05, 0) is 103 Å². The molecule has 0 aromatic heterocycles. The Morgan fingerprint density at radius 1 is 0.900 bits per heavy atom. The van der Waals surface area contributed by atoms with Crippen molar-refractivity contribution in [2.24, 2.45) is 41.4 Å². The van der Waals surface area contributed by atoms with Crippen LogP contribution in [0.2, 0.25) is 0 Å². The van der Waals surface area contributed by atoms with Crippen molar-refractivity contribution >= 4 is 46.0 Å². The van der Waals surface area contributed by atoms with E-state index in [0.29, 0.717) is 11.8 Å². The molecule has 3 amide bonds. The summed E-state index contributed by atoms with van der Waals surface area (Å²) in [6.07, 6.45) is 8.56. The second-order valence-electron chi connectivity index (χ2n) is 9.70. The van der Waals surface area contributed by atoms with E-state index in [2.05, 4.69) is 40.1 Å². The molecule has 4 fully saturated rings. The fraction of sp³-hybridized carbons (Fsp3) is 0.542. The Kier molecular flexibility index (Phi) is 4.38. The first-order valence-corrected chi connectivity index (χ1v) is 12.2. The number of rotatable bonds is 3. The monoisotopic (exact) mass is 516 g/mol. The smallest absolute Gasteiger partial charge is 0.233 e. The maximum Gasteiger partial charge on any atom is 0.233 e. The van der Waals surface area contributed by atoms with E-state index in [-0.39, 0.29) is 53.4 Å². The van der Waals surface area contributed by atoms with Crippen molar-refractivity contribution in [3.8, 4) is 0 Å². The minimum absolute atomic E-state index is 0.0336. The highest BCUT2D eigenvalue weighted by molar-refractivity contribution is 14.1. The molecule has 1 N–H and O–H groups in total. The molecule has 156 valence electrons. The van der Waals surface area contributed by atoms with Gasteiger partial charge in [-0.25, -0.2) is 0 Å². The van der Waals surface area contributed by atoms with E-state index < -0.39 is 0 Å². The van der Waals surface area contributed by atoms with E-state index in [1.165, 1.54) is 6.42 Å². The van der Waals surface area contributed by atoms with Gasteiger partial charge in [-0.3, -0.25) is 19.3 Å². The minimum atomic E-state index is -0.113. The summed E-state index contributed by atoms with van der Waals surface area (Å²) in [4.78, 5) is 40.9. The van der Waals surface area contributed by atoms with E-state index >= 15 is 0 Å². The van der Waals surface area contributed by atoms with Crippen LogP contribution in [0.25, 0.3) is 0 Å². The summed E-state index contributed by atoms with van der Waals surface area (Å²) in [6.45, 7) is 0. The van der Waals surface area contributed by atoms with Crippen molar-refractivity contribution in [2.45, 2.75) is 38.1 Å². The number of carbonyl (C=O) groups excluding carboxylic acids is 3. The van der Waals surface area contributed by atoms with Gasteiger partial charge in [0.25, 0.3) is 0 Å². The lowest BCUT2D eigenvalue weighted by Crippen LogP contribution is -2.44. The van der Waals surface area contributed by atoms with E-state index in [0.717, 1.165) is 34.9 Å². The first-order valence-electron chi connectivity index (χ1n) is 11.1. The fourth-order valence-electron chi connectivity index (χ4n) is 6.71. The number of benzene rings is 1. The lowest BCUT2D eigenvalue weighted by atomic mass is 9.63. The molecule has 1 aromatic carbocycles. The van der Waals surface area contributed by atoms with Gasteiger partial charge in [-0.1, -0.05) is 12.2 Å². The zero-order chi connectivity index (χ0) is 20.6. The topological polar surface area (TPSA) is 66.5 Å². The van der Waals surface area contributed by atoms with Crippen LogP contribution in [0.3, 0.4) is 0 Å². The van der Waals surface area contributed by atoms with E-state index in [1.54, 1.807) is 4.90 Å². The van der Waals surface area contributed by atoms with Gasteiger partial charge in [-0.2, -0.15) is 0 Å². The van der Waals surface area contributed by atoms with Crippen molar-refractivity contribution in [3.05, 3.63) is 40.0 Å². The van der Waals surface area contributed by atoms with Crippen molar-refractivity contribution in [1.29, 1.82) is 0 Å². The molecule has 6 aliphatic rings. The SMILES string of the molecule is O=C(Nc1ccc(I)cc1)C1CCC(N2C(=O)[C@@H]3[C@@H]4C=C[C@H]([C@H]5C[C@H]45)[C@@H]3C2=O)CC1. The van der Waals surface area contributed by atoms with Crippen LogP contribution in [0.1, 0.15) is 32.1 Å². The summed E-state index contributed by atoms with van der Waals surface area (Å²) < 4.78 is 1.13. The average molecular weight is 516 g/mol. The molecule has 30 heavy (non-hydrogen) atoms. The number of carbonyl (C=O) groups is 3. The number of hydrogen-bond donors (Lipinski definition) is 1. The molecule has 1 aliphatic heterocycles. The Hall–Kier alpha value is -1.70. The van der Waals surface area contributed by atoms with E-state index in [1.807, 2.05) is 24.3 Å². The molecule has 0 unspecified atom stereocenters. The Morgan fingerprint density at radius 3 is 2.03 bits per heavy atom. The van der Waals surface area contributed by atoms with Crippen LogP contribution in [-0.2, 0) is 14.4 Å². The van der Waals surface area contributed by atoms with Crippen LogP contribution in [-0.4, -0.2) is 28.7 Å². The van der Waals surface area contributed by atoms with E-state index in [4.69, 9.17) is 0 Å². The number of hydrogen-bond acceptors (Lipinski definition) is 3. The van der Waals surface area contributed by atoms with Gasteiger partial charge >= 0.3 is 0 Å². The second-order valence-corrected chi connectivity index (χ2v) is 10.9. The Bertz CT molecular complexity index is 914. The summed E-state index contributed by atoms with van der Waals surface area (Å²) in [7, 11) is 0. The van der Waals surface area contributed by atoms with Gasteiger partial charge in [0.05, 0.1) is 11.8 Å². The molecule has 6 atom stereocenters. The number of halogens is 1. The van der Waals surface area contributed by atoms with Crippen molar-refractivity contribution in [2.75, 3.05) is 5.32 Å². The molecule has 3 saturated carbocycles. The first kappa shape index (κ1) is 19.0. The van der Waals surface area contributed by atoms with Gasteiger partial charge < -0.3 is 5.32 Å². The highest BCUT2D eigenvalue weighted by Crippen LogP contribution is 2.65. The number of amides is 3. The van der Waals surface area contributed by atoms with Gasteiger partial charge in [0.2, 0.25) is 17.7 Å². The Balaban J connectivity index is 1.11. The maximum atomic E-state index is 13.3. The molecule has 1 heterocycles. The quantitative estimate of drug-likeness (QED) is 0.377. The third-order valence-corrected chi connectivity index (χ3v) is 8.96. The molecule has 5 aliphatic carbocycles. The molecule has 6 heteroatoms. The number of likely N-dealkylation sites (tertiary alicyclic amines) is 1. The molecule has 0 spiro atoms. The third-order valence-electron chi connectivity index (χ3n) is 8.24. The predicted molar refractivity (Wildman–Crippen MR) is 120 cm³/mol. The normalized spacial score (nSPS) is 40.9. The molecular formula is C24H25IN2O3. The van der Waals surface area contributed by atoms with Crippen molar-refractivity contribution < 1.29 is 14.4 Å². The van der Waals surface area contributed by atoms with Crippen LogP contribution in [0, 0.1) is 45.0 Å². The molecule has 2 bridgehead atoms. The van der Waals surface area contributed by atoms with Gasteiger partial charge in [0.15, 0.2) is 0 Å². The van der Waals surface area contributed by atoms with Crippen LogP contribution < -0.4 is 5.32 Å². The Labute approximate surface area is 189 Å². The van der Waals surface area contributed by atoms with Gasteiger partial charge in [0.1, 0.15) is 0 Å². The number of nitrogens with zero attached hydrogens (tertiary/aromatic N) is 1. The summed E-state index contributed by atoms with van der Waals surface area (Å²) in [5, 5.41) is 3.01. The van der Waals surface area contributed by atoms with Crippen LogP contribution in [0.4, 0.5) is 5.69 Å². The fourth-order valence-corrected chi connectivity index (χ4v) is 7.07. The molecule has 1 saturated heterocycles. The molecule has 7 rings (SSSR count). The zero-order valence-corrected chi connectivity index (χ0v) is 18.8. The standard InChI is InChI=1S/C24H25IN2O3/c25-13-3-5-14(6-4-13)26-22(28)12-1-7-15(8-2-12)27-23(29)20-16-9-10-17(19-11-18(16)19)21(20)24(27)30/h3-6,9-10,12,15-21H,1-2,7-8,11H2,(H,26,28)/t12?,15?,16-,17-,18-,19-,20-,21+/m1/s1. The van der Waals surface area contributed by atoms with Crippen LogP contribution in [0.5, 0.6) is 0 Å². The highest BCUT2D eigenvalue weighted by Gasteiger charge is 2.67. The average Bonchev–Trinajstić information content (AvgIpc) is 3.53.